The van der Waals surface area contributed by atoms with Crippen LogP contribution in [0.1, 0.15) is 10.4 Å². The molecule has 0 saturated carbocycles. The van der Waals surface area contributed by atoms with Crippen molar-refractivity contribution in [1.82, 2.24) is 5.32 Å². The lowest BCUT2D eigenvalue weighted by Gasteiger charge is -2.10. The van der Waals surface area contributed by atoms with E-state index in [-0.39, 0.29) is 10.6 Å². The van der Waals surface area contributed by atoms with Gasteiger partial charge in [0.2, 0.25) is 0 Å². The van der Waals surface area contributed by atoms with Crippen molar-refractivity contribution >= 4 is 29.2 Å². The van der Waals surface area contributed by atoms with E-state index in [9.17, 15) is 24.8 Å². The molecule has 108 valence electrons. The number of nitro groups is 1. The summed E-state index contributed by atoms with van der Waals surface area (Å²) in [5.41, 5.74) is -0.807. The Morgan fingerprint density at radius 2 is 2.20 bits per heavy atom. The fourth-order valence-corrected chi connectivity index (χ4v) is 1.63. The molecule has 0 radical (unpaired) electrons. The van der Waals surface area contributed by atoms with Gasteiger partial charge in [-0.2, -0.15) is 0 Å². The van der Waals surface area contributed by atoms with Crippen molar-refractivity contribution in [3.63, 3.8) is 0 Å². The summed E-state index contributed by atoms with van der Waals surface area (Å²) in [6, 6.07) is 3.87. The maximum absolute atomic E-state index is 11.8. The van der Waals surface area contributed by atoms with Crippen LogP contribution < -0.4 is 5.32 Å². The van der Waals surface area contributed by atoms with Gasteiger partial charge < -0.3 is 15.2 Å². The number of carbonyl (C=O) groups is 2. The van der Waals surface area contributed by atoms with Gasteiger partial charge in [0.25, 0.3) is 5.91 Å². The Balaban J connectivity index is 2.86. The molecule has 2 N–H and O–H groups in total. The van der Waals surface area contributed by atoms with Crippen LogP contribution in [0.25, 0.3) is 0 Å². The van der Waals surface area contributed by atoms with E-state index in [1.807, 2.05) is 0 Å². The number of amides is 1. The average Bonchev–Trinajstić information content (AvgIpc) is 2.42. The van der Waals surface area contributed by atoms with Crippen LogP contribution in [0.5, 0.6) is 0 Å². The molecule has 1 atom stereocenters. The third kappa shape index (κ3) is 3.65. The third-order valence-corrected chi connectivity index (χ3v) is 2.65. The summed E-state index contributed by atoms with van der Waals surface area (Å²) in [5, 5.41) is 22.2. The first-order valence-electron chi connectivity index (χ1n) is 5.35. The first-order valence-corrected chi connectivity index (χ1v) is 5.73. The predicted octanol–water partition coefficient (Wildman–Crippen LogP) is 0.512. The van der Waals surface area contributed by atoms with Gasteiger partial charge >= 0.3 is 11.7 Å². The van der Waals surface area contributed by atoms with Gasteiger partial charge in [0.15, 0.2) is 6.10 Å². The number of ether oxygens (including phenoxy) is 1. The molecule has 0 aliphatic heterocycles. The number of aliphatic hydroxyl groups excluding tert-OH is 1. The highest BCUT2D eigenvalue weighted by Gasteiger charge is 2.24. The molecule has 1 unspecified atom stereocenters. The quantitative estimate of drug-likeness (QED) is 0.465. The lowest BCUT2D eigenvalue weighted by atomic mass is 10.1. The van der Waals surface area contributed by atoms with Gasteiger partial charge in [0.1, 0.15) is 10.6 Å². The van der Waals surface area contributed by atoms with E-state index in [2.05, 4.69) is 10.1 Å². The molecule has 0 bridgehead atoms. The normalized spacial score (nSPS) is 11.6. The number of nitrogens with one attached hydrogen (secondary N) is 1. The number of para-hydroxylation sites is 1. The second kappa shape index (κ2) is 6.83. The molecule has 20 heavy (non-hydrogen) atoms. The number of esters is 1. The van der Waals surface area contributed by atoms with E-state index in [1.165, 1.54) is 18.2 Å². The zero-order chi connectivity index (χ0) is 15.3. The summed E-state index contributed by atoms with van der Waals surface area (Å²) in [6.07, 6.45) is -1.55. The van der Waals surface area contributed by atoms with Crippen molar-refractivity contribution in [2.45, 2.75) is 6.10 Å². The second-order valence-electron chi connectivity index (χ2n) is 3.64. The van der Waals surface area contributed by atoms with Gasteiger partial charge in [-0.05, 0) is 12.1 Å². The smallest absolute Gasteiger partial charge is 0.336 e. The minimum atomic E-state index is -1.55. The molecule has 1 aromatic rings. The predicted molar refractivity (Wildman–Crippen MR) is 68.5 cm³/mol. The van der Waals surface area contributed by atoms with Gasteiger partial charge in [-0.1, -0.05) is 17.7 Å². The number of nitrogens with zero attached hydrogens (tertiary/aromatic N) is 1. The lowest BCUT2D eigenvalue weighted by Crippen LogP contribution is -2.37. The molecule has 8 nitrogen and oxygen atoms in total. The van der Waals surface area contributed by atoms with E-state index in [4.69, 9.17) is 11.6 Å². The Kier molecular flexibility index (Phi) is 5.42. The standard InChI is InChI=1S/C11H11ClN2O6/c1-20-11(17)8(15)5-13-10(16)6-3-2-4-7(12)9(6)14(18)19/h2-4,8,15H,5H2,1H3,(H,13,16). The van der Waals surface area contributed by atoms with Crippen LogP contribution in [0.4, 0.5) is 5.69 Å². The first kappa shape index (κ1) is 15.9. The summed E-state index contributed by atoms with van der Waals surface area (Å²) in [6.45, 7) is -0.435. The van der Waals surface area contributed by atoms with Crippen molar-refractivity contribution in [1.29, 1.82) is 0 Å². The maximum atomic E-state index is 11.8. The average molecular weight is 303 g/mol. The van der Waals surface area contributed by atoms with E-state index in [1.54, 1.807) is 0 Å². The number of hydrogen-bond acceptors (Lipinski definition) is 6. The van der Waals surface area contributed by atoms with Crippen molar-refractivity contribution in [2.24, 2.45) is 0 Å². The Morgan fingerprint density at radius 1 is 1.55 bits per heavy atom. The van der Waals surface area contributed by atoms with Crippen LogP contribution in [-0.2, 0) is 9.53 Å². The minimum Gasteiger partial charge on any atom is -0.467 e. The number of nitro benzene ring substituents is 1. The Bertz CT molecular complexity index is 548. The van der Waals surface area contributed by atoms with Crippen LogP contribution in [0.15, 0.2) is 18.2 Å². The minimum absolute atomic E-state index is 0.184. The van der Waals surface area contributed by atoms with Crippen molar-refractivity contribution in [3.05, 3.63) is 38.9 Å². The molecule has 0 spiro atoms. The Morgan fingerprint density at radius 3 is 2.75 bits per heavy atom. The van der Waals surface area contributed by atoms with Gasteiger partial charge in [-0.25, -0.2) is 4.79 Å². The molecule has 1 rings (SSSR count). The van der Waals surface area contributed by atoms with Crippen LogP contribution >= 0.6 is 11.6 Å². The summed E-state index contributed by atoms with van der Waals surface area (Å²) in [4.78, 5) is 32.8. The van der Waals surface area contributed by atoms with Crippen molar-refractivity contribution in [2.75, 3.05) is 13.7 Å². The maximum Gasteiger partial charge on any atom is 0.336 e. The molecule has 0 heterocycles. The van der Waals surface area contributed by atoms with Gasteiger partial charge in [0.05, 0.1) is 18.6 Å². The van der Waals surface area contributed by atoms with E-state index < -0.39 is 35.1 Å². The molecule has 1 aromatic carbocycles. The zero-order valence-electron chi connectivity index (χ0n) is 10.3. The van der Waals surface area contributed by atoms with E-state index in [0.29, 0.717) is 0 Å². The highest BCUT2D eigenvalue weighted by molar-refractivity contribution is 6.33. The first-order chi connectivity index (χ1) is 9.38. The molecule has 0 fully saturated rings. The lowest BCUT2D eigenvalue weighted by molar-refractivity contribution is -0.385. The summed E-state index contributed by atoms with van der Waals surface area (Å²) >= 11 is 5.66. The molecule has 0 saturated heterocycles. The van der Waals surface area contributed by atoms with E-state index >= 15 is 0 Å². The molecule has 0 aromatic heterocycles. The summed E-state index contributed by atoms with van der Waals surface area (Å²) in [7, 11) is 1.08. The monoisotopic (exact) mass is 302 g/mol. The molecular weight excluding hydrogens is 292 g/mol. The zero-order valence-corrected chi connectivity index (χ0v) is 11.1. The van der Waals surface area contributed by atoms with Gasteiger partial charge in [-0.15, -0.1) is 0 Å². The van der Waals surface area contributed by atoms with Gasteiger partial charge in [0, 0.05) is 0 Å². The van der Waals surface area contributed by atoms with Crippen LogP contribution in [0, 0.1) is 10.1 Å². The van der Waals surface area contributed by atoms with Crippen LogP contribution in [0.2, 0.25) is 5.02 Å². The number of benzene rings is 1. The highest BCUT2D eigenvalue weighted by atomic mass is 35.5. The number of rotatable bonds is 5. The van der Waals surface area contributed by atoms with Crippen molar-refractivity contribution < 1.29 is 24.4 Å². The Labute approximate surface area is 118 Å². The molecule has 0 aliphatic rings. The van der Waals surface area contributed by atoms with Gasteiger partial charge in [-0.3, -0.25) is 14.9 Å². The number of methoxy groups -OCH3 is 1. The van der Waals surface area contributed by atoms with Crippen LogP contribution in [-0.4, -0.2) is 41.7 Å². The highest BCUT2D eigenvalue weighted by Crippen LogP contribution is 2.27. The SMILES string of the molecule is COC(=O)C(O)CNC(=O)c1cccc(Cl)c1[N+](=O)[O-]. The van der Waals surface area contributed by atoms with Crippen LogP contribution in [0.3, 0.4) is 0 Å². The Hall–Kier alpha value is -2.19. The number of carbonyl (C=O) groups excluding carboxylic acids is 2. The fraction of sp³-hybridized carbons (Fsp3) is 0.273. The molecule has 9 heteroatoms. The number of aliphatic hydroxyl groups is 1. The number of halogens is 1. The largest absolute Gasteiger partial charge is 0.467 e. The fourth-order valence-electron chi connectivity index (χ4n) is 1.39. The molecule has 1 amide bonds. The summed E-state index contributed by atoms with van der Waals surface area (Å²) in [5.74, 6) is -1.76. The number of hydrogen-bond donors (Lipinski definition) is 2. The third-order valence-electron chi connectivity index (χ3n) is 2.34. The molecule has 0 aliphatic carbocycles. The topological polar surface area (TPSA) is 119 Å². The second-order valence-corrected chi connectivity index (χ2v) is 4.05. The molecular formula is C11H11ClN2O6. The van der Waals surface area contributed by atoms with E-state index in [0.717, 1.165) is 7.11 Å². The van der Waals surface area contributed by atoms with Crippen molar-refractivity contribution in [3.8, 4) is 0 Å². The summed E-state index contributed by atoms with van der Waals surface area (Å²) < 4.78 is 4.26.